The number of esters is 2. The van der Waals surface area contributed by atoms with Crippen molar-refractivity contribution in [1.82, 2.24) is 0 Å². The number of methoxy groups -OCH3 is 1. The summed E-state index contributed by atoms with van der Waals surface area (Å²) in [5.41, 5.74) is -1.02. The zero-order chi connectivity index (χ0) is 15.3. The predicted octanol–water partition coefficient (Wildman–Crippen LogP) is -0.131. The number of ether oxygens (including phenoxy) is 2. The van der Waals surface area contributed by atoms with Crippen molar-refractivity contribution in [3.63, 3.8) is 0 Å². The first kappa shape index (κ1) is 16.1. The van der Waals surface area contributed by atoms with Gasteiger partial charge in [0.05, 0.1) is 24.8 Å². The third kappa shape index (κ3) is 3.53. The minimum Gasteiger partial charge on any atom is -0.465 e. The van der Waals surface area contributed by atoms with E-state index in [1.807, 2.05) is 0 Å². The van der Waals surface area contributed by atoms with Crippen LogP contribution in [0.1, 0.15) is 20.7 Å². The van der Waals surface area contributed by atoms with Gasteiger partial charge in [-0.3, -0.25) is 4.55 Å². The quantitative estimate of drug-likeness (QED) is 0.569. The maximum absolute atomic E-state index is 11.7. The molecule has 0 saturated heterocycles. The maximum atomic E-state index is 11.7. The summed E-state index contributed by atoms with van der Waals surface area (Å²) in [6, 6.07) is 3.38. The second kappa shape index (κ2) is 6.46. The average molecular weight is 304 g/mol. The lowest BCUT2D eigenvalue weighted by molar-refractivity contribution is 0.0428. The molecular weight excluding hydrogens is 292 g/mol. The van der Waals surface area contributed by atoms with Crippen molar-refractivity contribution in [2.24, 2.45) is 0 Å². The van der Waals surface area contributed by atoms with Gasteiger partial charge < -0.3 is 14.6 Å². The molecular formula is C11H12O8S. The highest BCUT2D eigenvalue weighted by atomic mass is 32.2. The number of carbonyl (C=O) groups excluding carboxylic acids is 2. The number of aliphatic hydroxyl groups excluding tert-OH is 1. The zero-order valence-electron chi connectivity index (χ0n) is 10.4. The molecule has 0 unspecified atom stereocenters. The van der Waals surface area contributed by atoms with Gasteiger partial charge in [-0.05, 0) is 12.1 Å². The fourth-order valence-electron chi connectivity index (χ4n) is 1.46. The standard InChI is InChI=1S/C11H12O8S/c1-18-10(13)7-3-2-4-8(9(7)20(15,16)17)11(14)19-6-5-12/h2-4,12H,5-6H2,1H3,(H,15,16,17). The van der Waals surface area contributed by atoms with E-state index in [1.54, 1.807) is 0 Å². The summed E-state index contributed by atoms with van der Waals surface area (Å²) >= 11 is 0. The number of aliphatic hydroxyl groups is 1. The van der Waals surface area contributed by atoms with Crippen LogP contribution >= 0.6 is 0 Å². The van der Waals surface area contributed by atoms with E-state index in [4.69, 9.17) is 5.11 Å². The molecule has 0 bridgehead atoms. The summed E-state index contributed by atoms with van der Waals surface area (Å²) in [6.45, 7) is -0.810. The van der Waals surface area contributed by atoms with Crippen molar-refractivity contribution >= 4 is 22.1 Å². The molecule has 110 valence electrons. The Bertz CT molecular complexity index is 619. The van der Waals surface area contributed by atoms with E-state index < -0.39 is 44.7 Å². The topological polar surface area (TPSA) is 127 Å². The van der Waals surface area contributed by atoms with Crippen LogP contribution in [0.4, 0.5) is 0 Å². The van der Waals surface area contributed by atoms with Crippen LogP contribution in [0.25, 0.3) is 0 Å². The van der Waals surface area contributed by atoms with Crippen LogP contribution in [-0.4, -0.2) is 50.3 Å². The lowest BCUT2D eigenvalue weighted by Crippen LogP contribution is -2.17. The molecule has 0 amide bonds. The molecule has 0 spiro atoms. The first-order chi connectivity index (χ1) is 9.32. The average Bonchev–Trinajstić information content (AvgIpc) is 2.41. The van der Waals surface area contributed by atoms with Gasteiger partial charge in [-0.1, -0.05) is 6.07 Å². The van der Waals surface area contributed by atoms with Gasteiger partial charge in [-0.2, -0.15) is 8.42 Å². The smallest absolute Gasteiger partial charge is 0.339 e. The van der Waals surface area contributed by atoms with E-state index in [2.05, 4.69) is 9.47 Å². The molecule has 20 heavy (non-hydrogen) atoms. The number of benzene rings is 1. The minimum absolute atomic E-state index is 0.355. The Kier molecular flexibility index (Phi) is 5.19. The number of rotatable bonds is 5. The van der Waals surface area contributed by atoms with Crippen LogP contribution in [-0.2, 0) is 19.6 Å². The Hall–Kier alpha value is -1.97. The monoisotopic (exact) mass is 304 g/mol. The van der Waals surface area contributed by atoms with Gasteiger partial charge in [0.1, 0.15) is 11.5 Å². The van der Waals surface area contributed by atoms with Crippen LogP contribution in [0.15, 0.2) is 23.1 Å². The van der Waals surface area contributed by atoms with Crippen molar-refractivity contribution in [3.05, 3.63) is 29.3 Å². The van der Waals surface area contributed by atoms with Gasteiger partial charge in [0, 0.05) is 0 Å². The van der Waals surface area contributed by atoms with Gasteiger partial charge in [0.15, 0.2) is 0 Å². The molecule has 0 aliphatic carbocycles. The molecule has 9 heteroatoms. The molecule has 0 aromatic heterocycles. The highest BCUT2D eigenvalue weighted by Gasteiger charge is 2.28. The van der Waals surface area contributed by atoms with Gasteiger partial charge in [-0.25, -0.2) is 9.59 Å². The van der Waals surface area contributed by atoms with Crippen molar-refractivity contribution in [2.45, 2.75) is 4.90 Å². The van der Waals surface area contributed by atoms with Gasteiger partial charge >= 0.3 is 11.9 Å². The fourth-order valence-corrected chi connectivity index (χ4v) is 2.32. The maximum Gasteiger partial charge on any atom is 0.339 e. The summed E-state index contributed by atoms with van der Waals surface area (Å²) in [7, 11) is -3.83. The van der Waals surface area contributed by atoms with Crippen LogP contribution < -0.4 is 0 Å². The van der Waals surface area contributed by atoms with Crippen LogP contribution in [0, 0.1) is 0 Å². The van der Waals surface area contributed by atoms with E-state index in [0.29, 0.717) is 0 Å². The molecule has 1 aromatic carbocycles. The second-order valence-corrected chi connectivity index (χ2v) is 4.87. The third-order valence-electron chi connectivity index (χ3n) is 2.22. The highest BCUT2D eigenvalue weighted by Crippen LogP contribution is 2.22. The van der Waals surface area contributed by atoms with Crippen LogP contribution in [0.3, 0.4) is 0 Å². The van der Waals surface area contributed by atoms with E-state index >= 15 is 0 Å². The first-order valence-electron chi connectivity index (χ1n) is 5.29. The van der Waals surface area contributed by atoms with E-state index in [0.717, 1.165) is 19.2 Å². The van der Waals surface area contributed by atoms with Crippen molar-refractivity contribution in [2.75, 3.05) is 20.3 Å². The SMILES string of the molecule is COC(=O)c1cccc(C(=O)OCCO)c1S(=O)(=O)O. The van der Waals surface area contributed by atoms with Crippen LogP contribution in [0.5, 0.6) is 0 Å². The Morgan fingerprint density at radius 2 is 1.75 bits per heavy atom. The molecule has 0 heterocycles. The molecule has 0 saturated carbocycles. The van der Waals surface area contributed by atoms with E-state index in [1.165, 1.54) is 6.07 Å². The molecule has 0 fully saturated rings. The predicted molar refractivity (Wildman–Crippen MR) is 65.0 cm³/mol. The Morgan fingerprint density at radius 1 is 1.20 bits per heavy atom. The number of hydrogen-bond acceptors (Lipinski definition) is 7. The molecule has 0 atom stereocenters. The summed E-state index contributed by atoms with van der Waals surface area (Å²) in [6.07, 6.45) is 0. The van der Waals surface area contributed by atoms with E-state index in [-0.39, 0.29) is 6.61 Å². The Morgan fingerprint density at radius 3 is 2.20 bits per heavy atom. The molecule has 8 nitrogen and oxygen atoms in total. The molecule has 1 rings (SSSR count). The summed E-state index contributed by atoms with van der Waals surface area (Å²) in [5, 5.41) is 8.55. The van der Waals surface area contributed by atoms with Crippen LogP contribution in [0.2, 0.25) is 0 Å². The molecule has 0 aliphatic rings. The minimum atomic E-state index is -4.85. The van der Waals surface area contributed by atoms with Gasteiger partial charge in [-0.15, -0.1) is 0 Å². The third-order valence-corrected chi connectivity index (χ3v) is 3.18. The molecule has 0 radical (unpaired) electrons. The first-order valence-corrected chi connectivity index (χ1v) is 6.73. The number of carbonyl (C=O) groups is 2. The number of hydrogen-bond donors (Lipinski definition) is 2. The normalized spacial score (nSPS) is 10.9. The van der Waals surface area contributed by atoms with Crippen molar-refractivity contribution < 1.29 is 37.1 Å². The Balaban J connectivity index is 3.46. The molecule has 1 aromatic rings. The fraction of sp³-hybridized carbons (Fsp3) is 0.273. The van der Waals surface area contributed by atoms with Crippen molar-refractivity contribution in [3.8, 4) is 0 Å². The van der Waals surface area contributed by atoms with Gasteiger partial charge in [0.25, 0.3) is 10.1 Å². The van der Waals surface area contributed by atoms with E-state index in [9.17, 15) is 22.6 Å². The van der Waals surface area contributed by atoms with Gasteiger partial charge in [0.2, 0.25) is 0 Å². The zero-order valence-corrected chi connectivity index (χ0v) is 11.2. The summed E-state index contributed by atoms with van der Waals surface area (Å²) < 4.78 is 40.9. The largest absolute Gasteiger partial charge is 0.465 e. The molecule has 0 aliphatic heterocycles. The van der Waals surface area contributed by atoms with Crippen molar-refractivity contribution in [1.29, 1.82) is 0 Å². The summed E-state index contributed by atoms with van der Waals surface area (Å²) in [4.78, 5) is 22.3. The highest BCUT2D eigenvalue weighted by molar-refractivity contribution is 7.86. The second-order valence-electron chi connectivity index (χ2n) is 3.51. The summed E-state index contributed by atoms with van der Waals surface area (Å²) in [5.74, 6) is -2.13. The lowest BCUT2D eigenvalue weighted by Gasteiger charge is -2.10. The Labute approximate surface area is 114 Å². The molecule has 2 N–H and O–H groups in total. The lowest BCUT2D eigenvalue weighted by atomic mass is 10.1.